The largest absolute Gasteiger partial charge is 0.377 e. The van der Waals surface area contributed by atoms with Crippen molar-refractivity contribution >= 4 is 41.4 Å². The molecule has 0 saturated carbocycles. The first-order valence-corrected chi connectivity index (χ1v) is 9.57. The van der Waals surface area contributed by atoms with Crippen molar-refractivity contribution in [3.8, 4) is 0 Å². The molecule has 29 heavy (non-hydrogen) atoms. The Kier molecular flexibility index (Phi) is 8.48. The van der Waals surface area contributed by atoms with E-state index in [2.05, 4.69) is 64.7 Å². The lowest BCUT2D eigenvalue weighted by molar-refractivity contribution is 0.612. The Balaban J connectivity index is 0.00000300. The van der Waals surface area contributed by atoms with E-state index in [1.807, 2.05) is 4.90 Å². The van der Waals surface area contributed by atoms with Crippen LogP contribution < -0.4 is 20.4 Å². The molecule has 2 N–H and O–H groups in total. The van der Waals surface area contributed by atoms with E-state index in [9.17, 15) is 4.39 Å². The zero-order valence-corrected chi connectivity index (χ0v) is 19.8. The van der Waals surface area contributed by atoms with Gasteiger partial charge < -0.3 is 20.4 Å². The minimum absolute atomic E-state index is 0. The Morgan fingerprint density at radius 3 is 2.83 bits per heavy atom. The van der Waals surface area contributed by atoms with Crippen LogP contribution in [-0.4, -0.2) is 51.2 Å². The zero-order chi connectivity index (χ0) is 20.1. The fraction of sp³-hybridized carbons (Fsp3) is 0.429. The number of aliphatic imine (C=N–C) groups is 1. The minimum atomic E-state index is -0.277. The van der Waals surface area contributed by atoms with Gasteiger partial charge in [0.05, 0.1) is 0 Å². The molecule has 2 heterocycles. The van der Waals surface area contributed by atoms with Crippen molar-refractivity contribution in [2.75, 3.05) is 44.0 Å². The van der Waals surface area contributed by atoms with Crippen LogP contribution in [0.3, 0.4) is 0 Å². The third-order valence-corrected chi connectivity index (χ3v) is 4.96. The first kappa shape index (κ1) is 23.2. The number of aromatic nitrogens is 1. The average Bonchev–Trinajstić information content (AvgIpc) is 3.14. The van der Waals surface area contributed by atoms with Crippen molar-refractivity contribution in [2.24, 2.45) is 4.99 Å². The summed E-state index contributed by atoms with van der Waals surface area (Å²) in [6, 6.07) is 9.71. The van der Waals surface area contributed by atoms with E-state index in [-0.39, 0.29) is 35.8 Å². The monoisotopic (exact) mass is 512 g/mol. The number of hydrogen-bond acceptors (Lipinski definition) is 4. The molecule has 1 unspecified atom stereocenters. The number of anilines is 2. The molecule has 3 rings (SSSR count). The molecule has 0 spiro atoms. The second kappa shape index (κ2) is 10.6. The van der Waals surface area contributed by atoms with Crippen molar-refractivity contribution in [3.05, 3.63) is 53.5 Å². The summed E-state index contributed by atoms with van der Waals surface area (Å²) in [5.41, 5.74) is 3.64. The van der Waals surface area contributed by atoms with E-state index in [4.69, 9.17) is 0 Å². The summed E-state index contributed by atoms with van der Waals surface area (Å²) >= 11 is 0. The van der Waals surface area contributed by atoms with Crippen LogP contribution in [0.15, 0.2) is 41.5 Å². The normalized spacial score (nSPS) is 16.4. The molecule has 2 aromatic rings. The highest BCUT2D eigenvalue weighted by atomic mass is 127. The number of guanidine groups is 1. The lowest BCUT2D eigenvalue weighted by Gasteiger charge is -2.21. The third kappa shape index (κ3) is 5.94. The predicted molar refractivity (Wildman–Crippen MR) is 129 cm³/mol. The molecule has 1 aliphatic rings. The second-order valence-corrected chi connectivity index (χ2v) is 7.34. The lowest BCUT2D eigenvalue weighted by Crippen LogP contribution is -2.44. The summed E-state index contributed by atoms with van der Waals surface area (Å²) in [7, 11) is 5.87. The average molecular weight is 512 g/mol. The number of rotatable bonds is 5. The first-order chi connectivity index (χ1) is 13.5. The molecule has 8 heteroatoms. The topological polar surface area (TPSA) is 55.8 Å². The van der Waals surface area contributed by atoms with Gasteiger partial charge in [-0.3, -0.25) is 4.99 Å². The molecular weight excluding hydrogens is 482 g/mol. The van der Waals surface area contributed by atoms with Gasteiger partial charge in [-0.25, -0.2) is 9.37 Å². The SMILES string of the molecule is CN=C(NCc1ccc(C)cc1N(C)C)NC1CCN(c2ncccc2F)C1.I. The van der Waals surface area contributed by atoms with Crippen LogP contribution >= 0.6 is 24.0 Å². The first-order valence-electron chi connectivity index (χ1n) is 9.57. The molecule has 158 valence electrons. The van der Waals surface area contributed by atoms with Gasteiger partial charge in [0.1, 0.15) is 0 Å². The van der Waals surface area contributed by atoms with Crippen molar-refractivity contribution in [1.82, 2.24) is 15.6 Å². The fourth-order valence-corrected chi connectivity index (χ4v) is 3.49. The maximum atomic E-state index is 14.0. The molecule has 1 atom stereocenters. The Morgan fingerprint density at radius 2 is 2.14 bits per heavy atom. The number of nitrogens with zero attached hydrogens (tertiary/aromatic N) is 4. The molecule has 1 saturated heterocycles. The maximum Gasteiger partial charge on any atom is 0.191 e. The van der Waals surface area contributed by atoms with E-state index in [0.29, 0.717) is 18.9 Å². The Morgan fingerprint density at radius 1 is 1.34 bits per heavy atom. The number of hydrogen-bond donors (Lipinski definition) is 2. The van der Waals surface area contributed by atoms with E-state index in [1.54, 1.807) is 19.3 Å². The van der Waals surface area contributed by atoms with E-state index in [0.717, 1.165) is 18.9 Å². The molecule has 1 fully saturated rings. The molecular formula is C21H30FIN6. The Labute approximate surface area is 189 Å². The third-order valence-electron chi connectivity index (χ3n) is 4.96. The smallest absolute Gasteiger partial charge is 0.191 e. The van der Waals surface area contributed by atoms with Crippen LogP contribution in [0.2, 0.25) is 0 Å². The Hall–Kier alpha value is -2.10. The highest BCUT2D eigenvalue weighted by molar-refractivity contribution is 14.0. The summed E-state index contributed by atoms with van der Waals surface area (Å²) < 4.78 is 14.0. The highest BCUT2D eigenvalue weighted by Crippen LogP contribution is 2.21. The van der Waals surface area contributed by atoms with E-state index >= 15 is 0 Å². The van der Waals surface area contributed by atoms with Gasteiger partial charge in [-0.2, -0.15) is 0 Å². The second-order valence-electron chi connectivity index (χ2n) is 7.34. The molecule has 1 aromatic carbocycles. The van der Waals surface area contributed by atoms with Crippen molar-refractivity contribution in [1.29, 1.82) is 0 Å². The minimum Gasteiger partial charge on any atom is -0.377 e. The Bertz CT molecular complexity index is 842. The van der Waals surface area contributed by atoms with Crippen molar-refractivity contribution in [2.45, 2.75) is 25.9 Å². The number of pyridine rings is 1. The summed E-state index contributed by atoms with van der Waals surface area (Å²) in [4.78, 5) is 12.6. The molecule has 1 aromatic heterocycles. The lowest BCUT2D eigenvalue weighted by atomic mass is 10.1. The van der Waals surface area contributed by atoms with Crippen LogP contribution in [0.25, 0.3) is 0 Å². The maximum absolute atomic E-state index is 14.0. The summed E-state index contributed by atoms with van der Waals surface area (Å²) in [5.74, 6) is 0.893. The van der Waals surface area contributed by atoms with E-state index < -0.39 is 0 Å². The standard InChI is InChI=1S/C21H29FN6.HI/c1-15-7-8-16(19(12-15)27(3)4)13-25-21(23-2)26-17-9-11-28(14-17)20-18(22)6-5-10-24-20;/h5-8,10,12,17H,9,11,13-14H2,1-4H3,(H2,23,25,26);1H. The summed E-state index contributed by atoms with van der Waals surface area (Å²) in [5, 5.41) is 6.85. The van der Waals surface area contributed by atoms with Gasteiger partial charge in [0.2, 0.25) is 0 Å². The predicted octanol–water partition coefficient (Wildman–Crippen LogP) is 3.16. The van der Waals surface area contributed by atoms with Gasteiger partial charge in [0.25, 0.3) is 0 Å². The number of nitrogens with one attached hydrogen (secondary N) is 2. The molecule has 0 bridgehead atoms. The fourth-order valence-electron chi connectivity index (χ4n) is 3.49. The summed E-state index contributed by atoms with van der Waals surface area (Å²) in [6.07, 6.45) is 2.54. The summed E-state index contributed by atoms with van der Waals surface area (Å²) in [6.45, 7) is 4.24. The van der Waals surface area contributed by atoms with Crippen molar-refractivity contribution < 1.29 is 4.39 Å². The van der Waals surface area contributed by atoms with Gasteiger partial charge >= 0.3 is 0 Å². The molecule has 0 amide bonds. The van der Waals surface area contributed by atoms with Gasteiger partial charge in [0, 0.05) is 58.7 Å². The highest BCUT2D eigenvalue weighted by Gasteiger charge is 2.25. The van der Waals surface area contributed by atoms with E-state index in [1.165, 1.54) is 22.9 Å². The molecule has 0 aliphatic carbocycles. The van der Waals surface area contributed by atoms with Crippen LogP contribution in [0.5, 0.6) is 0 Å². The van der Waals surface area contributed by atoms with Crippen molar-refractivity contribution in [3.63, 3.8) is 0 Å². The number of benzene rings is 1. The van der Waals surface area contributed by atoms with Crippen LogP contribution in [0.1, 0.15) is 17.5 Å². The molecule has 0 radical (unpaired) electrons. The van der Waals surface area contributed by atoms with Gasteiger partial charge in [0.15, 0.2) is 17.6 Å². The number of aryl methyl sites for hydroxylation is 1. The van der Waals surface area contributed by atoms with Crippen LogP contribution in [0, 0.1) is 12.7 Å². The number of halogens is 2. The van der Waals surface area contributed by atoms with Gasteiger partial charge in [-0.05, 0) is 42.7 Å². The van der Waals surface area contributed by atoms with Crippen LogP contribution in [0.4, 0.5) is 15.9 Å². The molecule has 1 aliphatic heterocycles. The van der Waals surface area contributed by atoms with Crippen LogP contribution in [-0.2, 0) is 6.54 Å². The quantitative estimate of drug-likeness (QED) is 0.367. The molecule has 6 nitrogen and oxygen atoms in total. The van der Waals surface area contributed by atoms with Gasteiger partial charge in [-0.15, -0.1) is 24.0 Å². The van der Waals surface area contributed by atoms with Gasteiger partial charge in [-0.1, -0.05) is 12.1 Å². The zero-order valence-electron chi connectivity index (χ0n) is 17.4.